The van der Waals surface area contributed by atoms with Crippen molar-refractivity contribution in [3.63, 3.8) is 0 Å². The van der Waals surface area contributed by atoms with Gasteiger partial charge in [0.05, 0.1) is 17.3 Å². The number of hydrogen-bond acceptors (Lipinski definition) is 3. The highest BCUT2D eigenvalue weighted by Gasteiger charge is 2.42. The van der Waals surface area contributed by atoms with Gasteiger partial charge in [-0.3, -0.25) is 14.4 Å². The molecule has 31 heavy (non-hydrogen) atoms. The van der Waals surface area contributed by atoms with Crippen LogP contribution in [0.4, 0.5) is 13.2 Å². The standard InChI is InChI=1S/C22H26ClF3N4O/c1-15-4-2-3-5-17(15)14-28-10-12-29(13-11-28)18(31)8-9-30-20(16-6-7-16)19(23)21(27-30)22(24,25)26/h2-5,16H,6-14H2,1H3. The summed E-state index contributed by atoms with van der Waals surface area (Å²) in [4.78, 5) is 16.8. The molecule has 2 aliphatic rings. The summed E-state index contributed by atoms with van der Waals surface area (Å²) in [5, 5.41) is 3.39. The summed E-state index contributed by atoms with van der Waals surface area (Å²) in [5.74, 6) is -0.0475. The van der Waals surface area contributed by atoms with Crippen LogP contribution in [0.3, 0.4) is 0 Å². The lowest BCUT2D eigenvalue weighted by molar-refractivity contribution is -0.141. The molecule has 4 rings (SSSR count). The molecule has 9 heteroatoms. The maximum absolute atomic E-state index is 13.2. The molecule has 1 aliphatic carbocycles. The lowest BCUT2D eigenvalue weighted by Crippen LogP contribution is -2.48. The van der Waals surface area contributed by atoms with Crippen LogP contribution in [0.5, 0.6) is 0 Å². The van der Waals surface area contributed by atoms with Crippen LogP contribution in [0.25, 0.3) is 0 Å². The maximum Gasteiger partial charge on any atom is 0.436 e. The van der Waals surface area contributed by atoms with Crippen molar-refractivity contribution in [2.75, 3.05) is 26.2 Å². The van der Waals surface area contributed by atoms with E-state index in [1.807, 2.05) is 12.1 Å². The van der Waals surface area contributed by atoms with E-state index in [0.717, 1.165) is 32.5 Å². The molecule has 5 nitrogen and oxygen atoms in total. The Hall–Kier alpha value is -2.06. The Morgan fingerprint density at radius 2 is 1.84 bits per heavy atom. The van der Waals surface area contributed by atoms with Crippen molar-refractivity contribution in [1.82, 2.24) is 19.6 Å². The zero-order valence-electron chi connectivity index (χ0n) is 17.5. The topological polar surface area (TPSA) is 41.4 Å². The Morgan fingerprint density at radius 1 is 1.16 bits per heavy atom. The summed E-state index contributed by atoms with van der Waals surface area (Å²) >= 11 is 6.00. The number of alkyl halides is 3. The average molecular weight is 455 g/mol. The fourth-order valence-corrected chi connectivity index (χ4v) is 4.49. The molecule has 1 saturated carbocycles. The first-order chi connectivity index (χ1) is 14.7. The summed E-state index contributed by atoms with van der Waals surface area (Å²) in [6.07, 6.45) is -2.87. The van der Waals surface area contributed by atoms with Crippen LogP contribution in [0.1, 0.15) is 47.7 Å². The lowest BCUT2D eigenvalue weighted by atomic mass is 10.1. The first kappa shape index (κ1) is 22.1. The highest BCUT2D eigenvalue weighted by molar-refractivity contribution is 6.32. The molecule has 0 atom stereocenters. The number of amides is 1. The summed E-state index contributed by atoms with van der Waals surface area (Å²) in [6, 6.07) is 8.27. The smallest absolute Gasteiger partial charge is 0.340 e. The molecule has 2 fully saturated rings. The van der Waals surface area contributed by atoms with Gasteiger partial charge in [-0.25, -0.2) is 0 Å². The highest BCUT2D eigenvalue weighted by atomic mass is 35.5. The molecule has 1 aromatic carbocycles. The molecule has 0 N–H and O–H groups in total. The predicted octanol–water partition coefficient (Wildman–Crippen LogP) is 4.48. The first-order valence-corrected chi connectivity index (χ1v) is 11.0. The molecule has 1 amide bonds. The molecular weight excluding hydrogens is 429 g/mol. The third-order valence-corrected chi connectivity index (χ3v) is 6.45. The van der Waals surface area contributed by atoms with Gasteiger partial charge in [0.15, 0.2) is 5.69 Å². The molecule has 0 radical (unpaired) electrons. The number of benzene rings is 1. The number of hydrogen-bond donors (Lipinski definition) is 0. The number of nitrogens with zero attached hydrogens (tertiary/aromatic N) is 4. The van der Waals surface area contributed by atoms with Gasteiger partial charge in [0.25, 0.3) is 0 Å². The van der Waals surface area contributed by atoms with Gasteiger partial charge >= 0.3 is 6.18 Å². The summed E-state index contributed by atoms with van der Waals surface area (Å²) < 4.78 is 40.9. The zero-order valence-corrected chi connectivity index (χ0v) is 18.2. The number of carbonyl (C=O) groups is 1. The van der Waals surface area contributed by atoms with Crippen molar-refractivity contribution in [3.05, 3.63) is 51.8 Å². The first-order valence-electron chi connectivity index (χ1n) is 10.6. The van der Waals surface area contributed by atoms with Crippen LogP contribution in [-0.4, -0.2) is 51.7 Å². The number of halogens is 4. The van der Waals surface area contributed by atoms with Crippen LogP contribution < -0.4 is 0 Å². The second-order valence-electron chi connectivity index (χ2n) is 8.38. The third-order valence-electron chi connectivity index (χ3n) is 6.08. The fourth-order valence-electron chi connectivity index (χ4n) is 4.09. The van der Waals surface area contributed by atoms with Crippen LogP contribution in [0.2, 0.25) is 5.02 Å². The van der Waals surface area contributed by atoms with Gasteiger partial charge in [0.2, 0.25) is 5.91 Å². The van der Waals surface area contributed by atoms with E-state index >= 15 is 0 Å². The van der Waals surface area contributed by atoms with Gasteiger partial charge in [-0.1, -0.05) is 35.9 Å². The van der Waals surface area contributed by atoms with Crippen LogP contribution >= 0.6 is 11.6 Å². The third kappa shape index (κ3) is 5.06. The van der Waals surface area contributed by atoms with E-state index in [1.54, 1.807) is 4.90 Å². The van der Waals surface area contributed by atoms with E-state index in [2.05, 4.69) is 29.1 Å². The maximum atomic E-state index is 13.2. The SMILES string of the molecule is Cc1ccccc1CN1CCN(C(=O)CCn2nc(C(F)(F)F)c(Cl)c2C2CC2)CC1. The second kappa shape index (κ2) is 8.82. The quantitative estimate of drug-likeness (QED) is 0.646. The summed E-state index contributed by atoms with van der Waals surface area (Å²) in [5.41, 5.74) is 1.91. The molecule has 168 valence electrons. The highest BCUT2D eigenvalue weighted by Crippen LogP contribution is 2.46. The lowest BCUT2D eigenvalue weighted by Gasteiger charge is -2.35. The van der Waals surface area contributed by atoms with Crippen molar-refractivity contribution in [3.8, 4) is 0 Å². The van der Waals surface area contributed by atoms with E-state index in [4.69, 9.17) is 11.6 Å². The Morgan fingerprint density at radius 3 is 2.45 bits per heavy atom. The van der Waals surface area contributed by atoms with E-state index in [1.165, 1.54) is 15.8 Å². The molecule has 2 heterocycles. The van der Waals surface area contributed by atoms with Crippen LogP contribution in [0.15, 0.2) is 24.3 Å². The Labute approximate surface area is 184 Å². The molecule has 0 unspecified atom stereocenters. The molecule has 0 bridgehead atoms. The monoisotopic (exact) mass is 454 g/mol. The summed E-state index contributed by atoms with van der Waals surface area (Å²) in [6.45, 7) is 5.85. The minimum atomic E-state index is -4.59. The van der Waals surface area contributed by atoms with Crippen molar-refractivity contribution in [1.29, 1.82) is 0 Å². The number of carbonyl (C=O) groups excluding carboxylic acids is 1. The normalized spacial score (nSPS) is 17.9. The number of piperazine rings is 1. The molecule has 1 saturated heterocycles. The van der Waals surface area contributed by atoms with Crippen molar-refractivity contribution in [2.45, 2.75) is 51.4 Å². The van der Waals surface area contributed by atoms with E-state index in [0.29, 0.717) is 18.8 Å². The fraction of sp³-hybridized carbons (Fsp3) is 0.545. The van der Waals surface area contributed by atoms with Crippen LogP contribution in [0, 0.1) is 6.92 Å². The molecule has 2 aromatic rings. The van der Waals surface area contributed by atoms with Gasteiger partial charge in [0.1, 0.15) is 0 Å². The van der Waals surface area contributed by atoms with Crippen molar-refractivity contribution in [2.24, 2.45) is 0 Å². The van der Waals surface area contributed by atoms with Crippen molar-refractivity contribution >= 4 is 17.5 Å². The molecule has 1 aromatic heterocycles. The van der Waals surface area contributed by atoms with E-state index in [9.17, 15) is 18.0 Å². The summed E-state index contributed by atoms with van der Waals surface area (Å²) in [7, 11) is 0. The number of aryl methyl sites for hydroxylation is 2. The molecule has 0 spiro atoms. The van der Waals surface area contributed by atoms with Gasteiger partial charge in [-0.05, 0) is 30.9 Å². The largest absolute Gasteiger partial charge is 0.436 e. The Kier molecular flexibility index (Phi) is 6.30. The predicted molar refractivity (Wildman–Crippen MR) is 112 cm³/mol. The van der Waals surface area contributed by atoms with Gasteiger partial charge in [-0.15, -0.1) is 0 Å². The number of aromatic nitrogens is 2. The van der Waals surface area contributed by atoms with E-state index < -0.39 is 11.9 Å². The number of rotatable bonds is 6. The minimum Gasteiger partial charge on any atom is -0.340 e. The minimum absolute atomic E-state index is 0.0104. The van der Waals surface area contributed by atoms with E-state index in [-0.39, 0.29) is 29.8 Å². The van der Waals surface area contributed by atoms with Crippen LogP contribution in [-0.2, 0) is 24.1 Å². The molecular formula is C22H26ClF3N4O. The van der Waals surface area contributed by atoms with Gasteiger partial charge in [0, 0.05) is 45.1 Å². The van der Waals surface area contributed by atoms with Crippen molar-refractivity contribution < 1.29 is 18.0 Å². The molecule has 1 aliphatic heterocycles. The second-order valence-corrected chi connectivity index (χ2v) is 8.75. The zero-order chi connectivity index (χ0) is 22.2. The Balaban J connectivity index is 1.33. The van der Waals surface area contributed by atoms with Gasteiger partial charge < -0.3 is 4.90 Å². The average Bonchev–Trinajstić information content (AvgIpc) is 3.50. The van der Waals surface area contributed by atoms with Gasteiger partial charge in [-0.2, -0.15) is 18.3 Å². The Bertz CT molecular complexity index is 947.